The number of nitrogens with zero attached hydrogens (tertiary/aromatic N) is 1. The lowest BCUT2D eigenvalue weighted by molar-refractivity contribution is 0.0498. The van der Waals surface area contributed by atoms with Crippen molar-refractivity contribution in [1.82, 2.24) is 0 Å². The molecule has 0 amide bonds. The molecule has 15 heavy (non-hydrogen) atoms. The lowest BCUT2D eigenvalue weighted by Crippen LogP contribution is -2.28. The predicted octanol–water partition coefficient (Wildman–Crippen LogP) is 3.13. The third kappa shape index (κ3) is 2.03. The molecule has 0 aliphatic heterocycles. The Morgan fingerprint density at radius 2 is 2.27 bits per heavy atom. The van der Waals surface area contributed by atoms with Gasteiger partial charge < -0.3 is 4.74 Å². The molecular formula is C13H21NO. The van der Waals surface area contributed by atoms with Crippen LogP contribution in [-0.4, -0.2) is 12.7 Å². The summed E-state index contributed by atoms with van der Waals surface area (Å²) in [6.07, 6.45) is 6.31. The van der Waals surface area contributed by atoms with Gasteiger partial charge in [0.15, 0.2) is 0 Å². The Kier molecular flexibility index (Phi) is 3.02. The molecule has 2 heteroatoms. The van der Waals surface area contributed by atoms with E-state index in [-0.39, 0.29) is 5.41 Å². The van der Waals surface area contributed by atoms with Gasteiger partial charge in [-0.15, -0.1) is 0 Å². The van der Waals surface area contributed by atoms with Crippen LogP contribution in [0.1, 0.15) is 46.0 Å². The first-order valence-corrected chi connectivity index (χ1v) is 6.19. The molecule has 2 aliphatic carbocycles. The molecule has 3 unspecified atom stereocenters. The summed E-state index contributed by atoms with van der Waals surface area (Å²) in [7, 11) is 0. The summed E-state index contributed by atoms with van der Waals surface area (Å²) in [4.78, 5) is 0. The highest BCUT2D eigenvalue weighted by Gasteiger charge is 2.50. The van der Waals surface area contributed by atoms with Crippen LogP contribution in [0.2, 0.25) is 0 Å². The van der Waals surface area contributed by atoms with Crippen LogP contribution in [-0.2, 0) is 4.74 Å². The average molecular weight is 207 g/mol. The zero-order chi connectivity index (χ0) is 10.9. The molecular weight excluding hydrogens is 186 g/mol. The highest BCUT2D eigenvalue weighted by atomic mass is 16.5. The standard InChI is InChI=1S/C13H21NO/c1-10(2)15-6-5-13(9-14)8-11-3-4-12(13)7-11/h10-12H,3-8H2,1-2H3. The van der Waals surface area contributed by atoms with Crippen LogP contribution in [0.4, 0.5) is 0 Å². The Labute approximate surface area is 92.6 Å². The molecule has 3 atom stereocenters. The van der Waals surface area contributed by atoms with E-state index in [1.54, 1.807) is 0 Å². The Morgan fingerprint density at radius 3 is 2.73 bits per heavy atom. The summed E-state index contributed by atoms with van der Waals surface area (Å²) in [6, 6.07) is 2.60. The van der Waals surface area contributed by atoms with Crippen molar-refractivity contribution in [3.05, 3.63) is 0 Å². The molecule has 2 saturated carbocycles. The van der Waals surface area contributed by atoms with E-state index in [1.165, 1.54) is 19.3 Å². The smallest absolute Gasteiger partial charge is 0.0693 e. The van der Waals surface area contributed by atoms with Crippen LogP contribution in [0.15, 0.2) is 0 Å². The first-order chi connectivity index (χ1) is 7.16. The third-order valence-corrected chi connectivity index (χ3v) is 4.20. The summed E-state index contributed by atoms with van der Waals surface area (Å²) < 4.78 is 5.59. The maximum Gasteiger partial charge on any atom is 0.0693 e. The zero-order valence-electron chi connectivity index (χ0n) is 9.83. The molecule has 0 spiro atoms. The quantitative estimate of drug-likeness (QED) is 0.709. The Bertz CT molecular complexity index is 268. The lowest BCUT2D eigenvalue weighted by Gasteiger charge is -2.31. The van der Waals surface area contributed by atoms with Crippen molar-refractivity contribution >= 4 is 0 Å². The second kappa shape index (κ2) is 4.14. The van der Waals surface area contributed by atoms with Gasteiger partial charge in [0, 0.05) is 6.61 Å². The largest absolute Gasteiger partial charge is 0.379 e. The lowest BCUT2D eigenvalue weighted by atomic mass is 9.72. The number of fused-ring (bicyclic) bond motifs is 2. The van der Waals surface area contributed by atoms with Crippen molar-refractivity contribution in [3.8, 4) is 6.07 Å². The Balaban J connectivity index is 1.90. The van der Waals surface area contributed by atoms with E-state index >= 15 is 0 Å². The van der Waals surface area contributed by atoms with Gasteiger partial charge in [-0.1, -0.05) is 6.42 Å². The SMILES string of the molecule is CC(C)OCCC1(C#N)CC2CCC1C2. The minimum absolute atomic E-state index is 0.0300. The van der Waals surface area contributed by atoms with Gasteiger partial charge in [-0.25, -0.2) is 0 Å². The number of rotatable bonds is 4. The van der Waals surface area contributed by atoms with Gasteiger partial charge in [0.05, 0.1) is 17.6 Å². The monoisotopic (exact) mass is 207 g/mol. The molecule has 2 rings (SSSR count). The minimum atomic E-state index is -0.0300. The molecule has 84 valence electrons. The molecule has 2 aliphatic rings. The molecule has 0 aromatic rings. The zero-order valence-corrected chi connectivity index (χ0v) is 9.83. The van der Waals surface area contributed by atoms with Crippen molar-refractivity contribution in [3.63, 3.8) is 0 Å². The van der Waals surface area contributed by atoms with Crippen molar-refractivity contribution in [2.75, 3.05) is 6.61 Å². The van der Waals surface area contributed by atoms with E-state index in [4.69, 9.17) is 4.74 Å². The van der Waals surface area contributed by atoms with Gasteiger partial charge in [0.1, 0.15) is 0 Å². The first kappa shape index (κ1) is 11.0. The van der Waals surface area contributed by atoms with Crippen molar-refractivity contribution < 1.29 is 4.74 Å². The third-order valence-electron chi connectivity index (χ3n) is 4.20. The van der Waals surface area contributed by atoms with E-state index in [1.807, 2.05) is 0 Å². The van der Waals surface area contributed by atoms with Crippen LogP contribution in [0.3, 0.4) is 0 Å². The molecule has 0 saturated heterocycles. The first-order valence-electron chi connectivity index (χ1n) is 6.19. The highest BCUT2D eigenvalue weighted by molar-refractivity contribution is 5.11. The van der Waals surface area contributed by atoms with Crippen LogP contribution in [0.5, 0.6) is 0 Å². The van der Waals surface area contributed by atoms with Gasteiger partial charge >= 0.3 is 0 Å². The van der Waals surface area contributed by atoms with Gasteiger partial charge in [-0.3, -0.25) is 0 Å². The fourth-order valence-electron chi connectivity index (χ4n) is 3.42. The van der Waals surface area contributed by atoms with Crippen LogP contribution < -0.4 is 0 Å². The molecule has 0 N–H and O–H groups in total. The van der Waals surface area contributed by atoms with Gasteiger partial charge in [0.2, 0.25) is 0 Å². The maximum absolute atomic E-state index is 9.40. The van der Waals surface area contributed by atoms with E-state index in [2.05, 4.69) is 19.9 Å². The van der Waals surface area contributed by atoms with Gasteiger partial charge in [-0.05, 0) is 51.4 Å². The van der Waals surface area contributed by atoms with E-state index in [0.29, 0.717) is 12.0 Å². The Morgan fingerprint density at radius 1 is 1.47 bits per heavy atom. The molecule has 0 heterocycles. The van der Waals surface area contributed by atoms with E-state index in [9.17, 15) is 5.26 Å². The highest BCUT2D eigenvalue weighted by Crippen LogP contribution is 2.57. The second-order valence-corrected chi connectivity index (χ2v) is 5.52. The van der Waals surface area contributed by atoms with E-state index in [0.717, 1.165) is 25.4 Å². The number of hydrogen-bond acceptors (Lipinski definition) is 2. The molecule has 2 nitrogen and oxygen atoms in total. The summed E-state index contributed by atoms with van der Waals surface area (Å²) in [5.41, 5.74) is -0.0300. The maximum atomic E-state index is 9.40. The summed E-state index contributed by atoms with van der Waals surface area (Å²) in [6.45, 7) is 4.87. The van der Waals surface area contributed by atoms with Crippen molar-refractivity contribution in [2.24, 2.45) is 17.3 Å². The fourth-order valence-corrected chi connectivity index (χ4v) is 3.42. The topological polar surface area (TPSA) is 33.0 Å². The molecule has 0 aromatic carbocycles. The number of nitriles is 1. The fraction of sp³-hybridized carbons (Fsp3) is 0.923. The van der Waals surface area contributed by atoms with Crippen molar-refractivity contribution in [2.45, 2.75) is 52.1 Å². The average Bonchev–Trinajstić information content (AvgIpc) is 2.77. The van der Waals surface area contributed by atoms with E-state index < -0.39 is 0 Å². The Hall–Kier alpha value is -0.550. The molecule has 0 aromatic heterocycles. The summed E-state index contributed by atoms with van der Waals surface area (Å²) >= 11 is 0. The minimum Gasteiger partial charge on any atom is -0.379 e. The van der Waals surface area contributed by atoms with Gasteiger partial charge in [0.25, 0.3) is 0 Å². The van der Waals surface area contributed by atoms with Crippen LogP contribution >= 0.6 is 0 Å². The van der Waals surface area contributed by atoms with Crippen LogP contribution in [0.25, 0.3) is 0 Å². The predicted molar refractivity (Wildman–Crippen MR) is 59.2 cm³/mol. The molecule has 0 radical (unpaired) electrons. The second-order valence-electron chi connectivity index (χ2n) is 5.52. The molecule has 2 fully saturated rings. The summed E-state index contributed by atoms with van der Waals surface area (Å²) in [5.74, 6) is 1.51. The van der Waals surface area contributed by atoms with Crippen molar-refractivity contribution in [1.29, 1.82) is 5.26 Å². The van der Waals surface area contributed by atoms with Gasteiger partial charge in [-0.2, -0.15) is 5.26 Å². The van der Waals surface area contributed by atoms with Crippen LogP contribution in [0, 0.1) is 28.6 Å². The number of hydrogen-bond donors (Lipinski definition) is 0. The number of ether oxygens (including phenoxy) is 1. The summed E-state index contributed by atoms with van der Waals surface area (Å²) in [5, 5.41) is 9.40. The normalized spacial score (nSPS) is 38.5. The molecule has 2 bridgehead atoms.